The Morgan fingerprint density at radius 1 is 0.897 bits per heavy atom. The van der Waals surface area contributed by atoms with E-state index in [1.807, 2.05) is 32.0 Å². The van der Waals surface area contributed by atoms with Gasteiger partial charge in [-0.05, 0) is 61.4 Å². The third-order valence-electron chi connectivity index (χ3n) is 4.52. The van der Waals surface area contributed by atoms with Crippen LogP contribution in [0.5, 0.6) is 0 Å². The lowest BCUT2D eigenvalue weighted by Crippen LogP contribution is -2.32. The summed E-state index contributed by atoms with van der Waals surface area (Å²) in [6, 6.07) is 17.4. The van der Waals surface area contributed by atoms with Gasteiger partial charge in [0.2, 0.25) is 0 Å². The van der Waals surface area contributed by atoms with Gasteiger partial charge in [0.05, 0.1) is 0 Å². The Hall–Kier alpha value is -3.67. The number of aromatic nitrogens is 1. The monoisotopic (exact) mass is 389 g/mol. The number of rotatable bonds is 6. The van der Waals surface area contributed by atoms with Crippen molar-refractivity contribution >= 4 is 17.5 Å². The number of amides is 2. The number of hydrogen-bond donors (Lipinski definition) is 2. The molecule has 1 heterocycles. The van der Waals surface area contributed by atoms with Gasteiger partial charge in [-0.15, -0.1) is 0 Å². The number of nitrogens with zero attached hydrogens (tertiary/aromatic N) is 1. The molecule has 2 aromatic carbocycles. The fourth-order valence-electron chi connectivity index (χ4n) is 2.94. The van der Waals surface area contributed by atoms with Crippen LogP contribution in [0.4, 0.5) is 5.69 Å². The fourth-order valence-corrected chi connectivity index (χ4v) is 2.94. The van der Waals surface area contributed by atoms with Gasteiger partial charge < -0.3 is 10.6 Å². The van der Waals surface area contributed by atoms with Crippen molar-refractivity contribution in [3.05, 3.63) is 93.9 Å². The van der Waals surface area contributed by atoms with Gasteiger partial charge in [0.15, 0.2) is 0 Å². The van der Waals surface area contributed by atoms with Crippen LogP contribution >= 0.6 is 0 Å². The maximum atomic E-state index is 12.7. The molecule has 148 valence electrons. The van der Waals surface area contributed by atoms with Crippen LogP contribution in [0.1, 0.15) is 39.6 Å². The van der Waals surface area contributed by atoms with Crippen LogP contribution in [0, 0.1) is 6.92 Å². The van der Waals surface area contributed by atoms with E-state index < -0.39 is 5.56 Å². The van der Waals surface area contributed by atoms with Gasteiger partial charge in [0, 0.05) is 29.7 Å². The van der Waals surface area contributed by atoms with E-state index >= 15 is 0 Å². The van der Waals surface area contributed by atoms with E-state index in [1.165, 1.54) is 10.6 Å². The van der Waals surface area contributed by atoms with Crippen LogP contribution in [-0.4, -0.2) is 22.9 Å². The Kier molecular flexibility index (Phi) is 6.24. The largest absolute Gasteiger partial charge is 0.352 e. The molecule has 0 spiro atoms. The Bertz CT molecular complexity index is 1090. The SMILES string of the molecule is CCCNC(=O)c1cccn(-c2ccc(NC(=O)c3ccccc3C)cc2)c1=O. The number of pyridine rings is 1. The maximum absolute atomic E-state index is 12.7. The zero-order valence-electron chi connectivity index (χ0n) is 16.4. The summed E-state index contributed by atoms with van der Waals surface area (Å²) in [6.07, 6.45) is 2.41. The standard InChI is InChI=1S/C23H23N3O3/c1-3-14-24-21(27)20-9-6-15-26(23(20)29)18-12-10-17(11-13-18)25-22(28)19-8-5-4-7-16(19)2/h4-13,15H,3,14H2,1-2H3,(H,24,27)(H,25,28). The molecule has 0 bridgehead atoms. The van der Waals surface area contributed by atoms with Crippen molar-refractivity contribution in [1.82, 2.24) is 9.88 Å². The van der Waals surface area contributed by atoms with Crippen molar-refractivity contribution in [3.8, 4) is 5.69 Å². The molecule has 0 saturated heterocycles. The first-order valence-corrected chi connectivity index (χ1v) is 9.48. The van der Waals surface area contributed by atoms with Crippen LogP contribution < -0.4 is 16.2 Å². The average Bonchev–Trinajstić information content (AvgIpc) is 2.73. The number of carbonyl (C=O) groups is 2. The van der Waals surface area contributed by atoms with Gasteiger partial charge >= 0.3 is 0 Å². The third kappa shape index (κ3) is 4.60. The number of anilines is 1. The van der Waals surface area contributed by atoms with Crippen molar-refractivity contribution < 1.29 is 9.59 Å². The highest BCUT2D eigenvalue weighted by Crippen LogP contribution is 2.15. The van der Waals surface area contributed by atoms with Crippen molar-refractivity contribution in [2.45, 2.75) is 20.3 Å². The van der Waals surface area contributed by atoms with Gasteiger partial charge in [0.25, 0.3) is 17.4 Å². The molecule has 29 heavy (non-hydrogen) atoms. The lowest BCUT2D eigenvalue weighted by atomic mass is 10.1. The van der Waals surface area contributed by atoms with Crippen LogP contribution in [-0.2, 0) is 0 Å². The molecule has 3 rings (SSSR count). The molecule has 0 aliphatic heterocycles. The topological polar surface area (TPSA) is 80.2 Å². The van der Waals surface area contributed by atoms with Crippen molar-refractivity contribution in [1.29, 1.82) is 0 Å². The fraction of sp³-hybridized carbons (Fsp3) is 0.174. The molecule has 0 radical (unpaired) electrons. The molecule has 2 N–H and O–H groups in total. The molecular weight excluding hydrogens is 366 g/mol. The summed E-state index contributed by atoms with van der Waals surface area (Å²) >= 11 is 0. The zero-order valence-corrected chi connectivity index (χ0v) is 16.4. The van der Waals surface area contributed by atoms with E-state index in [9.17, 15) is 14.4 Å². The Morgan fingerprint density at radius 2 is 1.59 bits per heavy atom. The van der Waals surface area contributed by atoms with E-state index in [4.69, 9.17) is 0 Å². The van der Waals surface area contributed by atoms with Crippen LogP contribution in [0.3, 0.4) is 0 Å². The highest BCUT2D eigenvalue weighted by atomic mass is 16.2. The molecule has 0 fully saturated rings. The summed E-state index contributed by atoms with van der Waals surface area (Å²) in [5.74, 6) is -0.573. The third-order valence-corrected chi connectivity index (χ3v) is 4.52. The second kappa shape index (κ2) is 9.01. The quantitative estimate of drug-likeness (QED) is 0.677. The number of benzene rings is 2. The summed E-state index contributed by atoms with van der Waals surface area (Å²) in [4.78, 5) is 37.3. The molecule has 0 unspecified atom stereocenters. The van der Waals surface area contributed by atoms with E-state index in [0.717, 1.165) is 12.0 Å². The lowest BCUT2D eigenvalue weighted by Gasteiger charge is -2.11. The van der Waals surface area contributed by atoms with Gasteiger partial charge in [-0.2, -0.15) is 0 Å². The summed E-state index contributed by atoms with van der Waals surface area (Å²) in [6.45, 7) is 4.35. The first-order chi connectivity index (χ1) is 14.0. The minimum Gasteiger partial charge on any atom is -0.352 e. The molecule has 6 nitrogen and oxygen atoms in total. The zero-order chi connectivity index (χ0) is 20.8. The average molecular weight is 389 g/mol. The first-order valence-electron chi connectivity index (χ1n) is 9.48. The molecule has 1 aromatic heterocycles. The van der Waals surface area contributed by atoms with E-state index in [0.29, 0.717) is 23.5 Å². The van der Waals surface area contributed by atoms with Crippen molar-refractivity contribution in [2.75, 3.05) is 11.9 Å². The summed E-state index contributed by atoms with van der Waals surface area (Å²) in [5.41, 5.74) is 2.43. The molecule has 0 aliphatic rings. The minimum absolute atomic E-state index is 0.0953. The van der Waals surface area contributed by atoms with Crippen molar-refractivity contribution in [3.63, 3.8) is 0 Å². The van der Waals surface area contributed by atoms with E-state index in [-0.39, 0.29) is 17.4 Å². The van der Waals surface area contributed by atoms with E-state index in [1.54, 1.807) is 42.6 Å². The highest BCUT2D eigenvalue weighted by Gasteiger charge is 2.13. The molecule has 3 aromatic rings. The van der Waals surface area contributed by atoms with Gasteiger partial charge in [-0.25, -0.2) is 0 Å². The Labute approximate surface area is 169 Å². The van der Waals surface area contributed by atoms with Gasteiger partial charge in [0.1, 0.15) is 5.56 Å². The molecule has 0 aliphatic carbocycles. The molecule has 6 heteroatoms. The van der Waals surface area contributed by atoms with Crippen LogP contribution in [0.25, 0.3) is 5.69 Å². The normalized spacial score (nSPS) is 10.4. The molecule has 0 atom stereocenters. The smallest absolute Gasteiger partial charge is 0.267 e. The minimum atomic E-state index is -0.391. The Balaban J connectivity index is 1.80. The molecule has 2 amide bonds. The number of hydrogen-bond acceptors (Lipinski definition) is 3. The van der Waals surface area contributed by atoms with Crippen molar-refractivity contribution in [2.24, 2.45) is 0 Å². The van der Waals surface area contributed by atoms with Crippen LogP contribution in [0.15, 0.2) is 71.7 Å². The second-order valence-electron chi connectivity index (χ2n) is 6.67. The number of aryl methyl sites for hydroxylation is 1. The second-order valence-corrected chi connectivity index (χ2v) is 6.67. The first kappa shape index (κ1) is 20.1. The van der Waals surface area contributed by atoms with E-state index in [2.05, 4.69) is 10.6 Å². The Morgan fingerprint density at radius 3 is 2.28 bits per heavy atom. The summed E-state index contributed by atoms with van der Waals surface area (Å²) < 4.78 is 1.41. The summed E-state index contributed by atoms with van der Waals surface area (Å²) in [5, 5.41) is 5.57. The predicted octanol–water partition coefficient (Wildman–Crippen LogP) is 3.54. The lowest BCUT2D eigenvalue weighted by molar-refractivity contribution is 0.0951. The number of nitrogens with one attached hydrogen (secondary N) is 2. The predicted molar refractivity (Wildman–Crippen MR) is 114 cm³/mol. The summed E-state index contributed by atoms with van der Waals surface area (Å²) in [7, 11) is 0. The highest BCUT2D eigenvalue weighted by molar-refractivity contribution is 6.05. The maximum Gasteiger partial charge on any atom is 0.267 e. The van der Waals surface area contributed by atoms with Crippen LogP contribution in [0.2, 0.25) is 0 Å². The molecular formula is C23H23N3O3. The van der Waals surface area contributed by atoms with Gasteiger partial charge in [-0.1, -0.05) is 25.1 Å². The van der Waals surface area contributed by atoms with Gasteiger partial charge in [-0.3, -0.25) is 19.0 Å². The molecule has 0 saturated carbocycles. The number of carbonyl (C=O) groups excluding carboxylic acids is 2.